The summed E-state index contributed by atoms with van der Waals surface area (Å²) in [6.07, 6.45) is 9.22. The first-order valence-corrected chi connectivity index (χ1v) is 5.72. The first-order valence-electron chi connectivity index (χ1n) is 5.72. The van der Waals surface area contributed by atoms with Crippen LogP contribution in [0.5, 0.6) is 0 Å². The summed E-state index contributed by atoms with van der Waals surface area (Å²) in [5.74, 6) is 0. The lowest BCUT2D eigenvalue weighted by Gasteiger charge is -2.26. The molecule has 0 heterocycles. The molecule has 0 aromatic heterocycles. The van der Waals surface area contributed by atoms with Crippen LogP contribution >= 0.6 is 12.4 Å². The predicted octanol–water partition coefficient (Wildman–Crippen LogP) is 4.05. The van der Waals surface area contributed by atoms with Crippen molar-refractivity contribution in [1.82, 2.24) is 4.90 Å². The monoisotopic (exact) mass is 231 g/mol. The quantitative estimate of drug-likeness (QED) is 0.428. The highest BCUT2D eigenvalue weighted by Gasteiger charge is 2.09. The van der Waals surface area contributed by atoms with Crippen LogP contribution in [0.3, 0.4) is 0 Å². The molecule has 1 nitrogen and oxygen atoms in total. The van der Waals surface area contributed by atoms with Gasteiger partial charge in [0.1, 0.15) is 0 Å². The van der Waals surface area contributed by atoms with Gasteiger partial charge in [0.05, 0.1) is 0 Å². The lowest BCUT2D eigenvalue weighted by Crippen LogP contribution is -2.33. The zero-order valence-electron chi connectivity index (χ0n) is 10.2. The minimum Gasteiger partial charge on any atom is -0.293 e. The Hall–Kier alpha value is -0.270. The fourth-order valence-electron chi connectivity index (χ4n) is 1.64. The molecule has 0 aromatic carbocycles. The zero-order chi connectivity index (χ0) is 10.8. The molecule has 0 fully saturated rings. The predicted molar refractivity (Wildman–Crippen MR) is 72.8 cm³/mol. The second-order valence-electron chi connectivity index (χ2n) is 3.88. The zero-order valence-corrected chi connectivity index (χ0v) is 11.1. The third kappa shape index (κ3) is 8.71. The van der Waals surface area contributed by atoms with Gasteiger partial charge in [-0.05, 0) is 13.3 Å². The molecule has 0 aliphatic heterocycles. The van der Waals surface area contributed by atoms with Crippen LogP contribution in [0.2, 0.25) is 0 Å². The fraction of sp³-hybridized carbons (Fsp3) is 0.692. The summed E-state index contributed by atoms with van der Waals surface area (Å²) in [6, 6.07) is 0.651. The van der Waals surface area contributed by atoms with Crippen LogP contribution in [-0.4, -0.2) is 24.0 Å². The van der Waals surface area contributed by atoms with Crippen LogP contribution in [0.25, 0.3) is 0 Å². The van der Waals surface area contributed by atoms with Crippen molar-refractivity contribution in [3.8, 4) is 0 Å². The van der Waals surface area contributed by atoms with Gasteiger partial charge < -0.3 is 0 Å². The fourth-order valence-corrected chi connectivity index (χ4v) is 1.64. The topological polar surface area (TPSA) is 3.24 Å². The molecule has 0 spiro atoms. The van der Waals surface area contributed by atoms with Crippen LogP contribution in [0, 0.1) is 0 Å². The maximum atomic E-state index is 3.79. The van der Waals surface area contributed by atoms with Crippen molar-refractivity contribution < 1.29 is 0 Å². The van der Waals surface area contributed by atoms with Crippen molar-refractivity contribution in [3.05, 3.63) is 25.3 Å². The van der Waals surface area contributed by atoms with Gasteiger partial charge in [0, 0.05) is 19.1 Å². The molecule has 0 aliphatic carbocycles. The van der Waals surface area contributed by atoms with Crippen LogP contribution < -0.4 is 0 Å². The smallest absolute Gasteiger partial charge is 0.0166 e. The van der Waals surface area contributed by atoms with Crippen molar-refractivity contribution >= 4 is 12.4 Å². The molecule has 0 saturated heterocycles. The van der Waals surface area contributed by atoms with E-state index in [0.29, 0.717) is 6.04 Å². The Balaban J connectivity index is 0. The minimum absolute atomic E-state index is 0. The number of nitrogens with zero attached hydrogens (tertiary/aromatic N) is 1. The van der Waals surface area contributed by atoms with E-state index >= 15 is 0 Å². The molecule has 0 amide bonds. The molecule has 0 aromatic rings. The number of unbranched alkanes of at least 4 members (excludes halogenated alkanes) is 2. The van der Waals surface area contributed by atoms with Crippen molar-refractivity contribution in [2.75, 3.05) is 13.1 Å². The summed E-state index contributed by atoms with van der Waals surface area (Å²) in [6.45, 7) is 14.1. The highest BCUT2D eigenvalue weighted by molar-refractivity contribution is 5.85. The Morgan fingerprint density at radius 3 is 2.07 bits per heavy atom. The molecule has 15 heavy (non-hydrogen) atoms. The third-order valence-corrected chi connectivity index (χ3v) is 2.58. The van der Waals surface area contributed by atoms with Gasteiger partial charge in [-0.15, -0.1) is 25.6 Å². The number of hydrogen-bond donors (Lipinski definition) is 0. The van der Waals surface area contributed by atoms with E-state index < -0.39 is 0 Å². The molecule has 90 valence electrons. The Morgan fingerprint density at radius 1 is 1.13 bits per heavy atom. The van der Waals surface area contributed by atoms with E-state index in [0.717, 1.165) is 13.1 Å². The average molecular weight is 232 g/mol. The van der Waals surface area contributed by atoms with Gasteiger partial charge in [-0.2, -0.15) is 0 Å². The van der Waals surface area contributed by atoms with Gasteiger partial charge in [0.25, 0.3) is 0 Å². The van der Waals surface area contributed by atoms with E-state index in [9.17, 15) is 0 Å². The Bertz CT molecular complexity index is 147. The number of halogens is 1. The third-order valence-electron chi connectivity index (χ3n) is 2.58. The van der Waals surface area contributed by atoms with E-state index in [1.807, 2.05) is 12.2 Å². The van der Waals surface area contributed by atoms with E-state index in [2.05, 4.69) is 31.9 Å². The van der Waals surface area contributed by atoms with E-state index in [1.54, 1.807) is 0 Å². The van der Waals surface area contributed by atoms with Gasteiger partial charge in [0.2, 0.25) is 0 Å². The minimum atomic E-state index is 0. The van der Waals surface area contributed by atoms with Crippen molar-refractivity contribution in [3.63, 3.8) is 0 Å². The summed E-state index contributed by atoms with van der Waals surface area (Å²) >= 11 is 0. The first-order chi connectivity index (χ1) is 6.76. The van der Waals surface area contributed by atoms with E-state index in [1.165, 1.54) is 25.7 Å². The van der Waals surface area contributed by atoms with Crippen LogP contribution in [0.1, 0.15) is 39.5 Å². The lowest BCUT2D eigenvalue weighted by molar-refractivity contribution is 0.240. The van der Waals surface area contributed by atoms with Crippen molar-refractivity contribution in [2.45, 2.75) is 45.6 Å². The molecule has 1 unspecified atom stereocenters. The van der Waals surface area contributed by atoms with Gasteiger partial charge in [-0.25, -0.2) is 0 Å². The SMILES string of the molecule is C=CCN(CC=C)C(C)CCCCC.Cl. The summed E-state index contributed by atoms with van der Waals surface area (Å²) < 4.78 is 0. The first kappa shape index (κ1) is 17.1. The van der Waals surface area contributed by atoms with E-state index in [4.69, 9.17) is 0 Å². The highest BCUT2D eigenvalue weighted by Crippen LogP contribution is 2.09. The van der Waals surface area contributed by atoms with Crippen LogP contribution in [-0.2, 0) is 0 Å². The lowest BCUT2D eigenvalue weighted by atomic mass is 10.1. The van der Waals surface area contributed by atoms with E-state index in [-0.39, 0.29) is 12.4 Å². The van der Waals surface area contributed by atoms with Crippen LogP contribution in [0.15, 0.2) is 25.3 Å². The molecule has 0 bridgehead atoms. The van der Waals surface area contributed by atoms with Gasteiger partial charge in [0.15, 0.2) is 0 Å². The Kier molecular flexibility index (Phi) is 13.5. The molecule has 0 aliphatic rings. The standard InChI is InChI=1S/C13H25N.ClH/c1-5-8-9-10-13(4)14(11-6-2)12-7-3;/h6-7,13H,2-3,5,8-12H2,1,4H3;1H. The molecule has 2 heteroatoms. The maximum Gasteiger partial charge on any atom is 0.0166 e. The Morgan fingerprint density at radius 2 is 1.67 bits per heavy atom. The molecular formula is C13H26ClN. The average Bonchev–Trinajstić information content (AvgIpc) is 2.18. The van der Waals surface area contributed by atoms with Gasteiger partial charge >= 0.3 is 0 Å². The largest absolute Gasteiger partial charge is 0.293 e. The van der Waals surface area contributed by atoms with Gasteiger partial charge in [-0.3, -0.25) is 4.90 Å². The normalized spacial score (nSPS) is 11.9. The summed E-state index contributed by atoms with van der Waals surface area (Å²) in [5, 5.41) is 0. The summed E-state index contributed by atoms with van der Waals surface area (Å²) in [4.78, 5) is 2.41. The molecule has 0 rings (SSSR count). The highest BCUT2D eigenvalue weighted by atomic mass is 35.5. The van der Waals surface area contributed by atoms with Gasteiger partial charge in [-0.1, -0.05) is 38.3 Å². The molecule has 1 atom stereocenters. The van der Waals surface area contributed by atoms with Crippen molar-refractivity contribution in [1.29, 1.82) is 0 Å². The number of hydrogen-bond acceptors (Lipinski definition) is 1. The molecular weight excluding hydrogens is 206 g/mol. The second-order valence-corrected chi connectivity index (χ2v) is 3.88. The molecule has 0 radical (unpaired) electrons. The van der Waals surface area contributed by atoms with Crippen molar-refractivity contribution in [2.24, 2.45) is 0 Å². The van der Waals surface area contributed by atoms with Crippen LogP contribution in [0.4, 0.5) is 0 Å². The molecule has 0 saturated carbocycles. The molecule has 0 N–H and O–H groups in total. The summed E-state index contributed by atoms with van der Waals surface area (Å²) in [5.41, 5.74) is 0. The maximum absolute atomic E-state index is 3.79. The second kappa shape index (κ2) is 11.8. The Labute approximate surface area is 102 Å². The summed E-state index contributed by atoms with van der Waals surface area (Å²) in [7, 11) is 0. The number of rotatable bonds is 9.